The van der Waals surface area contributed by atoms with Gasteiger partial charge in [-0.3, -0.25) is 13.8 Å². The van der Waals surface area contributed by atoms with Crippen molar-refractivity contribution < 1.29 is 37.3 Å². The molecule has 0 saturated carbocycles. The average molecular weight is 887 g/mol. The minimum Gasteiger partial charge on any atom is -0.457 e. The third-order valence-electron chi connectivity index (χ3n) is 9.88. The Hall–Kier alpha value is -2.58. The molecular weight excluding hydrogens is 794 g/mol. The van der Waals surface area contributed by atoms with Gasteiger partial charge >= 0.3 is 13.8 Å². The third-order valence-corrected chi connectivity index (χ3v) is 10.9. The van der Waals surface area contributed by atoms with E-state index in [2.05, 4.69) is 111 Å². The van der Waals surface area contributed by atoms with Gasteiger partial charge in [-0.25, -0.2) is 4.57 Å². The molecule has 2 atom stereocenters. The number of esters is 1. The number of allylic oxidation sites excluding steroid dienone is 16. The first-order valence-electron chi connectivity index (χ1n) is 24.5. The highest BCUT2D eigenvalue weighted by atomic mass is 31.2. The van der Waals surface area contributed by atoms with E-state index in [-0.39, 0.29) is 25.8 Å². The van der Waals surface area contributed by atoms with Gasteiger partial charge in [0.05, 0.1) is 34.4 Å². The SMILES string of the molecule is CC/C=C\C/C=C\C/C=C\C/C=C\C/C=C\C/C=C\CCCCCCCOCC(COP(=O)(O)OCC[N+](C)(C)C)OC(=O)CCCCCCC/C=C\C/C=C\CCCCCC. The van der Waals surface area contributed by atoms with Crippen molar-refractivity contribution in [2.45, 2.75) is 180 Å². The van der Waals surface area contributed by atoms with Crippen LogP contribution in [0, 0.1) is 0 Å². The number of rotatable bonds is 44. The van der Waals surface area contributed by atoms with E-state index in [4.69, 9.17) is 18.5 Å². The molecule has 0 spiro atoms. The summed E-state index contributed by atoms with van der Waals surface area (Å²) in [5.41, 5.74) is 0. The number of phosphoric ester groups is 1. The predicted octanol–water partition coefficient (Wildman–Crippen LogP) is 15.0. The molecular formula is C53H93NO7P+. The summed E-state index contributed by atoms with van der Waals surface area (Å²) in [4.78, 5) is 23.0. The van der Waals surface area contributed by atoms with E-state index in [9.17, 15) is 14.3 Å². The zero-order valence-electron chi connectivity index (χ0n) is 40.3. The second-order valence-electron chi connectivity index (χ2n) is 17.1. The van der Waals surface area contributed by atoms with Gasteiger partial charge < -0.3 is 18.9 Å². The number of carbonyl (C=O) groups excluding carboxylic acids is 1. The van der Waals surface area contributed by atoms with E-state index >= 15 is 0 Å². The van der Waals surface area contributed by atoms with Crippen LogP contribution in [0.5, 0.6) is 0 Å². The Morgan fingerprint density at radius 1 is 0.516 bits per heavy atom. The van der Waals surface area contributed by atoms with E-state index in [1.807, 2.05) is 21.1 Å². The largest absolute Gasteiger partial charge is 0.472 e. The zero-order valence-corrected chi connectivity index (χ0v) is 41.2. The molecule has 0 aromatic carbocycles. The van der Waals surface area contributed by atoms with Crippen molar-refractivity contribution in [1.29, 1.82) is 0 Å². The second-order valence-corrected chi connectivity index (χ2v) is 18.6. The summed E-state index contributed by atoms with van der Waals surface area (Å²) in [6.45, 7) is 5.40. The number of unbranched alkanes of at least 4 members (excludes halogenated alkanes) is 14. The maximum Gasteiger partial charge on any atom is 0.472 e. The molecule has 2 unspecified atom stereocenters. The molecule has 0 fully saturated rings. The van der Waals surface area contributed by atoms with Crippen LogP contribution in [0.4, 0.5) is 0 Å². The Morgan fingerprint density at radius 2 is 0.935 bits per heavy atom. The summed E-state index contributed by atoms with van der Waals surface area (Å²) in [6.07, 6.45) is 61.6. The number of ether oxygens (including phenoxy) is 2. The number of quaternary nitrogens is 1. The summed E-state index contributed by atoms with van der Waals surface area (Å²) >= 11 is 0. The Balaban J connectivity index is 4.26. The number of phosphoric acid groups is 1. The Morgan fingerprint density at radius 3 is 1.40 bits per heavy atom. The Bertz CT molecular complexity index is 1310. The number of hydrogen-bond acceptors (Lipinski definition) is 6. The van der Waals surface area contributed by atoms with Crippen molar-refractivity contribution in [3.63, 3.8) is 0 Å². The monoisotopic (exact) mass is 887 g/mol. The van der Waals surface area contributed by atoms with Gasteiger partial charge in [-0.05, 0) is 96.3 Å². The highest BCUT2D eigenvalue weighted by molar-refractivity contribution is 7.47. The van der Waals surface area contributed by atoms with E-state index in [0.717, 1.165) is 109 Å². The van der Waals surface area contributed by atoms with Crippen molar-refractivity contribution >= 4 is 13.8 Å². The molecule has 1 N–H and O–H groups in total. The molecule has 356 valence electrons. The smallest absolute Gasteiger partial charge is 0.457 e. The van der Waals surface area contributed by atoms with Crippen LogP contribution in [0.1, 0.15) is 174 Å². The van der Waals surface area contributed by atoms with Crippen LogP contribution in [0.15, 0.2) is 97.2 Å². The fraction of sp³-hybridized carbons (Fsp3) is 0.679. The second kappa shape index (κ2) is 45.0. The normalized spacial score (nSPS) is 14.5. The first kappa shape index (κ1) is 59.4. The van der Waals surface area contributed by atoms with Gasteiger partial charge in [0.25, 0.3) is 0 Å². The van der Waals surface area contributed by atoms with Gasteiger partial charge in [0.1, 0.15) is 19.3 Å². The fourth-order valence-electron chi connectivity index (χ4n) is 6.11. The third kappa shape index (κ3) is 48.5. The lowest BCUT2D eigenvalue weighted by molar-refractivity contribution is -0.870. The highest BCUT2D eigenvalue weighted by Crippen LogP contribution is 2.43. The summed E-state index contributed by atoms with van der Waals surface area (Å²) < 4.78 is 35.1. The van der Waals surface area contributed by atoms with Gasteiger partial charge in [0.2, 0.25) is 0 Å². The molecule has 8 nitrogen and oxygen atoms in total. The minimum absolute atomic E-state index is 0.0759. The van der Waals surface area contributed by atoms with Crippen LogP contribution in [-0.4, -0.2) is 75.6 Å². The number of nitrogens with zero attached hydrogens (tertiary/aromatic N) is 1. The number of hydrogen-bond donors (Lipinski definition) is 1. The van der Waals surface area contributed by atoms with E-state index in [1.54, 1.807) is 0 Å². The number of carbonyl (C=O) groups is 1. The van der Waals surface area contributed by atoms with Crippen LogP contribution < -0.4 is 0 Å². The average Bonchev–Trinajstić information content (AvgIpc) is 3.23. The first-order chi connectivity index (χ1) is 30.1. The quantitative estimate of drug-likeness (QED) is 0.0214. The highest BCUT2D eigenvalue weighted by Gasteiger charge is 2.26. The fourth-order valence-corrected chi connectivity index (χ4v) is 6.86. The molecule has 0 aliphatic heterocycles. The minimum atomic E-state index is -4.30. The molecule has 0 aliphatic rings. The summed E-state index contributed by atoms with van der Waals surface area (Å²) in [6, 6.07) is 0. The van der Waals surface area contributed by atoms with Crippen LogP contribution in [-0.2, 0) is 27.9 Å². The topological polar surface area (TPSA) is 91.3 Å². The van der Waals surface area contributed by atoms with Crippen molar-refractivity contribution in [3.05, 3.63) is 97.2 Å². The number of likely N-dealkylation sites (N-methyl/N-ethyl adjacent to an activating group) is 1. The van der Waals surface area contributed by atoms with Gasteiger partial charge in [0, 0.05) is 13.0 Å². The first-order valence-corrected chi connectivity index (χ1v) is 26.0. The lowest BCUT2D eigenvalue weighted by atomic mass is 10.1. The van der Waals surface area contributed by atoms with E-state index in [1.165, 1.54) is 44.9 Å². The molecule has 62 heavy (non-hydrogen) atoms. The zero-order chi connectivity index (χ0) is 45.5. The van der Waals surface area contributed by atoms with Crippen LogP contribution in [0.2, 0.25) is 0 Å². The standard InChI is InChI=1S/C53H92NO7P/c1-6-8-10-12-14-16-18-20-22-24-25-26-27-28-29-30-31-33-35-37-39-41-43-45-48-58-50-52(51-60-62(56,57)59-49-47-54(3,4)5)61-53(55)46-44-42-40-38-36-34-32-23-21-19-17-15-13-11-9-7-2/h8,10,14,16-17,19-20,22-23,25-26,28-29,31-33,52H,6-7,9,11-13,15,18,21,24,27,30,34-51H2,1-5H3/p+1/b10-8-,16-14-,19-17-,22-20-,26-25-,29-28-,32-23-,33-31-. The predicted molar refractivity (Wildman–Crippen MR) is 265 cm³/mol. The van der Waals surface area contributed by atoms with Crippen LogP contribution in [0.3, 0.4) is 0 Å². The lowest BCUT2D eigenvalue weighted by Crippen LogP contribution is -2.37. The molecule has 0 aromatic rings. The molecule has 0 radical (unpaired) electrons. The molecule has 9 heteroatoms. The molecule has 0 bridgehead atoms. The van der Waals surface area contributed by atoms with Crippen LogP contribution >= 0.6 is 7.82 Å². The van der Waals surface area contributed by atoms with E-state index < -0.39 is 13.9 Å². The van der Waals surface area contributed by atoms with Crippen molar-refractivity contribution in [1.82, 2.24) is 0 Å². The molecule has 0 saturated heterocycles. The molecule has 0 heterocycles. The molecule has 0 rings (SSSR count). The van der Waals surface area contributed by atoms with Gasteiger partial charge in [0.15, 0.2) is 0 Å². The molecule has 0 aromatic heterocycles. The van der Waals surface area contributed by atoms with Gasteiger partial charge in [-0.2, -0.15) is 0 Å². The van der Waals surface area contributed by atoms with Crippen molar-refractivity contribution in [3.8, 4) is 0 Å². The maximum atomic E-state index is 12.7. The van der Waals surface area contributed by atoms with Gasteiger partial charge in [-0.15, -0.1) is 0 Å². The maximum absolute atomic E-state index is 12.7. The van der Waals surface area contributed by atoms with Gasteiger partial charge in [-0.1, -0.05) is 169 Å². The van der Waals surface area contributed by atoms with Crippen molar-refractivity contribution in [2.24, 2.45) is 0 Å². The van der Waals surface area contributed by atoms with Crippen LogP contribution in [0.25, 0.3) is 0 Å². The summed E-state index contributed by atoms with van der Waals surface area (Å²) in [7, 11) is 1.63. The molecule has 0 amide bonds. The van der Waals surface area contributed by atoms with E-state index in [0.29, 0.717) is 24.1 Å². The summed E-state index contributed by atoms with van der Waals surface area (Å²) in [5, 5.41) is 0. The Labute approximate surface area is 381 Å². The van der Waals surface area contributed by atoms with Crippen molar-refractivity contribution in [2.75, 3.05) is 54.1 Å². The summed E-state index contributed by atoms with van der Waals surface area (Å²) in [5.74, 6) is -0.339. The Kier molecular flexibility index (Phi) is 43.1. The molecule has 0 aliphatic carbocycles. The lowest BCUT2D eigenvalue weighted by Gasteiger charge is -2.24.